The standard InChI is InChI=1S/C11H15NO/c1-3-9-7-13-11-5-4-8(2)6-10(11)12-9/h4-6,9,12H,3,7H2,1-2H3. The van der Waals surface area contributed by atoms with Crippen LogP contribution in [-0.4, -0.2) is 12.6 Å². The SMILES string of the molecule is CCC1COc2ccc(C)cc2N1. The minimum absolute atomic E-state index is 0.467. The first-order valence-corrected chi connectivity index (χ1v) is 4.79. The predicted octanol–water partition coefficient (Wildman–Crippen LogP) is 2.58. The number of hydrogen-bond acceptors (Lipinski definition) is 2. The molecule has 2 heteroatoms. The quantitative estimate of drug-likeness (QED) is 0.711. The molecule has 2 nitrogen and oxygen atoms in total. The first-order valence-electron chi connectivity index (χ1n) is 4.79. The Morgan fingerprint density at radius 2 is 2.38 bits per heavy atom. The van der Waals surface area contributed by atoms with Gasteiger partial charge in [-0.15, -0.1) is 0 Å². The van der Waals surface area contributed by atoms with Crippen molar-refractivity contribution in [2.45, 2.75) is 26.3 Å². The molecule has 1 aliphatic heterocycles. The van der Waals surface area contributed by atoms with Crippen LogP contribution in [0, 0.1) is 6.92 Å². The zero-order valence-electron chi connectivity index (χ0n) is 8.13. The van der Waals surface area contributed by atoms with Crippen LogP contribution in [0.2, 0.25) is 0 Å². The smallest absolute Gasteiger partial charge is 0.142 e. The van der Waals surface area contributed by atoms with Crippen LogP contribution in [0.1, 0.15) is 18.9 Å². The van der Waals surface area contributed by atoms with Gasteiger partial charge in [-0.2, -0.15) is 0 Å². The van der Waals surface area contributed by atoms with Gasteiger partial charge in [-0.3, -0.25) is 0 Å². The highest BCUT2D eigenvalue weighted by Crippen LogP contribution is 2.29. The van der Waals surface area contributed by atoms with Crippen LogP contribution in [-0.2, 0) is 0 Å². The molecule has 0 aliphatic carbocycles. The maximum Gasteiger partial charge on any atom is 0.142 e. The molecule has 1 aromatic rings. The lowest BCUT2D eigenvalue weighted by molar-refractivity contribution is 0.281. The molecule has 1 heterocycles. The number of aryl methyl sites for hydroxylation is 1. The van der Waals surface area contributed by atoms with Crippen LogP contribution in [0.25, 0.3) is 0 Å². The molecular formula is C11H15NO. The largest absolute Gasteiger partial charge is 0.489 e. The molecule has 0 saturated carbocycles. The highest BCUT2D eigenvalue weighted by Gasteiger charge is 2.16. The van der Waals surface area contributed by atoms with Gasteiger partial charge in [0.25, 0.3) is 0 Å². The van der Waals surface area contributed by atoms with Gasteiger partial charge >= 0.3 is 0 Å². The summed E-state index contributed by atoms with van der Waals surface area (Å²) in [5, 5.41) is 3.46. The summed E-state index contributed by atoms with van der Waals surface area (Å²) in [5.74, 6) is 0.982. The molecular weight excluding hydrogens is 162 g/mol. The molecule has 0 radical (unpaired) electrons. The van der Waals surface area contributed by atoms with Crippen molar-refractivity contribution >= 4 is 5.69 Å². The first kappa shape index (κ1) is 8.42. The number of nitrogens with one attached hydrogen (secondary N) is 1. The molecule has 1 atom stereocenters. The zero-order valence-corrected chi connectivity index (χ0v) is 8.13. The lowest BCUT2D eigenvalue weighted by atomic mass is 10.1. The number of ether oxygens (including phenoxy) is 1. The van der Waals surface area contributed by atoms with Gasteiger partial charge < -0.3 is 10.1 Å². The fraction of sp³-hybridized carbons (Fsp3) is 0.455. The van der Waals surface area contributed by atoms with Gasteiger partial charge in [-0.25, -0.2) is 0 Å². The van der Waals surface area contributed by atoms with Gasteiger partial charge in [0.2, 0.25) is 0 Å². The molecule has 1 unspecified atom stereocenters. The van der Waals surface area contributed by atoms with E-state index in [9.17, 15) is 0 Å². The topological polar surface area (TPSA) is 21.3 Å². The van der Waals surface area contributed by atoms with Crippen LogP contribution < -0.4 is 10.1 Å². The van der Waals surface area contributed by atoms with Crippen LogP contribution in [0.15, 0.2) is 18.2 Å². The van der Waals surface area contributed by atoms with Crippen LogP contribution in [0.4, 0.5) is 5.69 Å². The third-order valence-electron chi connectivity index (χ3n) is 2.43. The number of rotatable bonds is 1. The van der Waals surface area contributed by atoms with Crippen molar-refractivity contribution in [3.05, 3.63) is 23.8 Å². The number of fused-ring (bicyclic) bond motifs is 1. The average Bonchev–Trinajstić information content (AvgIpc) is 2.16. The second kappa shape index (κ2) is 3.29. The Hall–Kier alpha value is -1.18. The minimum atomic E-state index is 0.467. The Kier molecular flexibility index (Phi) is 2.13. The van der Waals surface area contributed by atoms with Gasteiger partial charge in [-0.05, 0) is 31.0 Å². The maximum absolute atomic E-state index is 5.62. The summed E-state index contributed by atoms with van der Waals surface area (Å²) >= 11 is 0. The molecule has 0 aromatic heterocycles. The molecule has 0 fully saturated rings. The van der Waals surface area contributed by atoms with E-state index in [1.165, 1.54) is 5.56 Å². The van der Waals surface area contributed by atoms with E-state index in [1.807, 2.05) is 6.07 Å². The normalized spacial score (nSPS) is 20.0. The molecule has 0 spiro atoms. The van der Waals surface area contributed by atoms with Gasteiger partial charge in [-0.1, -0.05) is 13.0 Å². The lowest BCUT2D eigenvalue weighted by Crippen LogP contribution is -2.30. The summed E-state index contributed by atoms with van der Waals surface area (Å²) in [6.45, 7) is 5.05. The molecule has 0 saturated heterocycles. The van der Waals surface area contributed by atoms with E-state index in [0.717, 1.165) is 24.5 Å². The molecule has 2 rings (SSSR count). The summed E-state index contributed by atoms with van der Waals surface area (Å²) in [6, 6.07) is 6.71. The van der Waals surface area contributed by atoms with Crippen LogP contribution >= 0.6 is 0 Å². The summed E-state index contributed by atoms with van der Waals surface area (Å²) in [4.78, 5) is 0. The zero-order chi connectivity index (χ0) is 9.26. The van der Waals surface area contributed by atoms with Crippen LogP contribution in [0.3, 0.4) is 0 Å². The van der Waals surface area contributed by atoms with E-state index in [0.29, 0.717) is 6.04 Å². The molecule has 70 valence electrons. The fourth-order valence-electron chi connectivity index (χ4n) is 1.55. The molecule has 1 aromatic carbocycles. The van der Waals surface area contributed by atoms with E-state index >= 15 is 0 Å². The monoisotopic (exact) mass is 177 g/mol. The third kappa shape index (κ3) is 1.62. The van der Waals surface area contributed by atoms with Crippen molar-refractivity contribution < 1.29 is 4.74 Å². The summed E-state index contributed by atoms with van der Waals surface area (Å²) in [6.07, 6.45) is 1.10. The Morgan fingerprint density at radius 1 is 1.54 bits per heavy atom. The molecule has 13 heavy (non-hydrogen) atoms. The average molecular weight is 177 g/mol. The number of benzene rings is 1. The van der Waals surface area contributed by atoms with Crippen molar-refractivity contribution in [3.63, 3.8) is 0 Å². The van der Waals surface area contributed by atoms with Crippen molar-refractivity contribution in [2.24, 2.45) is 0 Å². The highest BCUT2D eigenvalue weighted by atomic mass is 16.5. The Morgan fingerprint density at radius 3 is 3.15 bits per heavy atom. The Bertz CT molecular complexity index is 309. The third-order valence-corrected chi connectivity index (χ3v) is 2.43. The Labute approximate surface area is 78.9 Å². The molecule has 1 aliphatic rings. The number of anilines is 1. The van der Waals surface area contributed by atoms with Crippen molar-refractivity contribution in [3.8, 4) is 5.75 Å². The van der Waals surface area contributed by atoms with Gasteiger partial charge in [0.1, 0.15) is 12.4 Å². The van der Waals surface area contributed by atoms with E-state index < -0.39 is 0 Å². The van der Waals surface area contributed by atoms with Crippen molar-refractivity contribution in [1.29, 1.82) is 0 Å². The second-order valence-electron chi connectivity index (χ2n) is 3.56. The summed E-state index contributed by atoms with van der Waals surface area (Å²) in [7, 11) is 0. The summed E-state index contributed by atoms with van der Waals surface area (Å²) < 4.78 is 5.62. The van der Waals surface area contributed by atoms with E-state index in [4.69, 9.17) is 4.74 Å². The first-order chi connectivity index (χ1) is 6.29. The molecule has 0 bridgehead atoms. The van der Waals surface area contributed by atoms with Gasteiger partial charge in [0.15, 0.2) is 0 Å². The van der Waals surface area contributed by atoms with Crippen molar-refractivity contribution in [2.75, 3.05) is 11.9 Å². The minimum Gasteiger partial charge on any atom is -0.489 e. The van der Waals surface area contributed by atoms with Crippen molar-refractivity contribution in [1.82, 2.24) is 0 Å². The highest BCUT2D eigenvalue weighted by molar-refractivity contribution is 5.59. The van der Waals surface area contributed by atoms with Gasteiger partial charge in [0.05, 0.1) is 11.7 Å². The van der Waals surface area contributed by atoms with Gasteiger partial charge in [0, 0.05) is 0 Å². The maximum atomic E-state index is 5.62. The van der Waals surface area contributed by atoms with E-state index in [1.54, 1.807) is 0 Å². The lowest BCUT2D eigenvalue weighted by Gasteiger charge is -2.26. The van der Waals surface area contributed by atoms with E-state index in [-0.39, 0.29) is 0 Å². The van der Waals surface area contributed by atoms with Crippen LogP contribution in [0.5, 0.6) is 5.75 Å². The second-order valence-corrected chi connectivity index (χ2v) is 3.56. The fourth-order valence-corrected chi connectivity index (χ4v) is 1.55. The summed E-state index contributed by atoms with van der Waals surface area (Å²) in [5.41, 5.74) is 2.41. The Balaban J connectivity index is 2.27. The molecule has 0 amide bonds. The van der Waals surface area contributed by atoms with E-state index in [2.05, 4.69) is 31.3 Å². The predicted molar refractivity (Wildman–Crippen MR) is 54.4 cm³/mol. The molecule has 1 N–H and O–H groups in total. The number of hydrogen-bond donors (Lipinski definition) is 1.